The van der Waals surface area contributed by atoms with E-state index in [2.05, 4.69) is 32.7 Å². The number of piperidine rings is 1. The fraction of sp³-hybridized carbons (Fsp3) is 0.800. The third-order valence-electron chi connectivity index (χ3n) is 5.44. The van der Waals surface area contributed by atoms with Crippen molar-refractivity contribution in [3.63, 3.8) is 0 Å². The average Bonchev–Trinajstić information content (AvgIpc) is 3.39. The van der Waals surface area contributed by atoms with Gasteiger partial charge in [-0.05, 0) is 32.6 Å². The number of ether oxygens (including phenoxy) is 1. The molecule has 0 unspecified atom stereocenters. The predicted octanol–water partition coefficient (Wildman–Crippen LogP) is 1.95. The number of hydrogen-bond donors (Lipinski definition) is 2. The lowest BCUT2D eigenvalue weighted by molar-refractivity contribution is 0.128. The number of hydrogen-bond acceptors (Lipinski definition) is 6. The molecule has 7 nitrogen and oxygen atoms in total. The number of thiazole rings is 1. The second-order valence-electron chi connectivity index (χ2n) is 7.58. The largest absolute Gasteiger partial charge is 0.383 e. The minimum Gasteiger partial charge on any atom is -0.383 e. The van der Waals surface area contributed by atoms with Crippen LogP contribution in [0.15, 0.2) is 10.4 Å². The summed E-state index contributed by atoms with van der Waals surface area (Å²) in [7, 11) is 1.77. The molecule has 0 amide bonds. The van der Waals surface area contributed by atoms with Crippen molar-refractivity contribution in [2.75, 3.05) is 64.4 Å². The highest BCUT2D eigenvalue weighted by molar-refractivity contribution is 7.13. The number of nitrogens with one attached hydrogen (secondary N) is 2. The lowest BCUT2D eigenvalue weighted by Crippen LogP contribution is -2.49. The summed E-state index contributed by atoms with van der Waals surface area (Å²) in [6.45, 7) is 10.2. The van der Waals surface area contributed by atoms with Gasteiger partial charge in [0, 0.05) is 70.8 Å². The van der Waals surface area contributed by atoms with E-state index >= 15 is 0 Å². The number of anilines is 1. The molecule has 0 atom stereocenters. The van der Waals surface area contributed by atoms with Crippen LogP contribution in [0, 0.1) is 0 Å². The zero-order chi connectivity index (χ0) is 19.6. The predicted molar refractivity (Wildman–Crippen MR) is 118 cm³/mol. The molecule has 0 spiro atoms. The molecule has 0 aliphatic carbocycles. The third-order valence-corrected chi connectivity index (χ3v) is 6.39. The zero-order valence-electron chi connectivity index (χ0n) is 17.5. The number of methoxy groups -OCH3 is 1. The van der Waals surface area contributed by atoms with E-state index in [9.17, 15) is 0 Å². The van der Waals surface area contributed by atoms with Crippen molar-refractivity contribution in [3.05, 3.63) is 11.1 Å². The first-order valence-electron chi connectivity index (χ1n) is 10.7. The second kappa shape index (κ2) is 11.6. The molecule has 2 saturated heterocycles. The van der Waals surface area contributed by atoms with Crippen LogP contribution in [0.3, 0.4) is 0 Å². The molecular formula is C20H36N6OS. The monoisotopic (exact) mass is 408 g/mol. The zero-order valence-corrected chi connectivity index (χ0v) is 18.3. The Bertz CT molecular complexity index is 593. The number of rotatable bonds is 9. The molecule has 0 bridgehead atoms. The summed E-state index contributed by atoms with van der Waals surface area (Å²) in [4.78, 5) is 14.5. The maximum Gasteiger partial charge on any atom is 0.191 e. The summed E-state index contributed by atoms with van der Waals surface area (Å²) in [6.07, 6.45) is 5.79. The first-order chi connectivity index (χ1) is 13.8. The van der Waals surface area contributed by atoms with Crippen LogP contribution in [0.1, 0.15) is 38.3 Å². The van der Waals surface area contributed by atoms with E-state index in [1.54, 1.807) is 18.4 Å². The summed E-state index contributed by atoms with van der Waals surface area (Å²) >= 11 is 1.77. The molecule has 2 N–H and O–H groups in total. The Morgan fingerprint density at radius 1 is 1.29 bits per heavy atom. The quantitative estimate of drug-likeness (QED) is 0.481. The van der Waals surface area contributed by atoms with Gasteiger partial charge in [0.05, 0.1) is 12.3 Å². The van der Waals surface area contributed by atoms with Crippen LogP contribution in [0.5, 0.6) is 0 Å². The third kappa shape index (κ3) is 6.60. The van der Waals surface area contributed by atoms with Gasteiger partial charge in [-0.3, -0.25) is 4.99 Å². The molecule has 8 heteroatoms. The highest BCUT2D eigenvalue weighted by Crippen LogP contribution is 2.24. The Labute approximate surface area is 173 Å². The van der Waals surface area contributed by atoms with Gasteiger partial charge < -0.3 is 25.2 Å². The highest BCUT2D eigenvalue weighted by atomic mass is 32.1. The Kier molecular flexibility index (Phi) is 8.82. The number of aliphatic imine (C=N–C) groups is 1. The van der Waals surface area contributed by atoms with Crippen molar-refractivity contribution in [2.24, 2.45) is 4.99 Å². The number of likely N-dealkylation sites (tertiary alicyclic amines) is 1. The van der Waals surface area contributed by atoms with E-state index < -0.39 is 0 Å². The molecule has 28 heavy (non-hydrogen) atoms. The van der Waals surface area contributed by atoms with Crippen molar-refractivity contribution >= 4 is 22.4 Å². The molecule has 0 aromatic carbocycles. The molecule has 1 aromatic heterocycles. The van der Waals surface area contributed by atoms with E-state index in [-0.39, 0.29) is 0 Å². The van der Waals surface area contributed by atoms with Gasteiger partial charge in [0.25, 0.3) is 0 Å². The molecule has 0 radical (unpaired) electrons. The van der Waals surface area contributed by atoms with E-state index in [1.807, 2.05) is 0 Å². The molecule has 2 aliphatic heterocycles. The van der Waals surface area contributed by atoms with Gasteiger partial charge in [-0.1, -0.05) is 0 Å². The smallest absolute Gasteiger partial charge is 0.191 e. The molecule has 2 aliphatic rings. The van der Waals surface area contributed by atoms with Crippen LogP contribution in [0.25, 0.3) is 0 Å². The van der Waals surface area contributed by atoms with Crippen LogP contribution in [0.4, 0.5) is 5.13 Å². The average molecular weight is 409 g/mol. The maximum atomic E-state index is 5.19. The van der Waals surface area contributed by atoms with Gasteiger partial charge in [-0.2, -0.15) is 0 Å². The van der Waals surface area contributed by atoms with Crippen LogP contribution >= 0.6 is 11.3 Å². The summed E-state index contributed by atoms with van der Waals surface area (Å²) < 4.78 is 5.19. The van der Waals surface area contributed by atoms with Crippen LogP contribution in [0.2, 0.25) is 0 Å². The summed E-state index contributed by atoms with van der Waals surface area (Å²) in [5, 5.41) is 10.4. The van der Waals surface area contributed by atoms with Crippen LogP contribution < -0.4 is 15.5 Å². The van der Waals surface area contributed by atoms with Gasteiger partial charge in [-0.15, -0.1) is 11.3 Å². The summed E-state index contributed by atoms with van der Waals surface area (Å²) in [5.41, 5.74) is 1.16. The fourth-order valence-corrected chi connectivity index (χ4v) is 4.70. The summed E-state index contributed by atoms with van der Waals surface area (Å²) in [6, 6.07) is 0.498. The van der Waals surface area contributed by atoms with Gasteiger partial charge >= 0.3 is 0 Å². The van der Waals surface area contributed by atoms with Crippen molar-refractivity contribution in [1.29, 1.82) is 0 Å². The van der Waals surface area contributed by atoms with Gasteiger partial charge in [0.2, 0.25) is 0 Å². The van der Waals surface area contributed by atoms with Crippen LogP contribution in [-0.4, -0.2) is 81.4 Å². The van der Waals surface area contributed by atoms with Gasteiger partial charge in [0.15, 0.2) is 11.1 Å². The van der Waals surface area contributed by atoms with Crippen molar-refractivity contribution < 1.29 is 4.74 Å². The Hall–Kier alpha value is -1.38. The molecular weight excluding hydrogens is 372 g/mol. The van der Waals surface area contributed by atoms with E-state index in [0.717, 1.165) is 83.3 Å². The lowest BCUT2D eigenvalue weighted by Gasteiger charge is -2.32. The van der Waals surface area contributed by atoms with Crippen molar-refractivity contribution in [1.82, 2.24) is 20.5 Å². The molecule has 1 aromatic rings. The number of aromatic nitrogens is 1. The molecule has 158 valence electrons. The minimum absolute atomic E-state index is 0.498. The lowest BCUT2D eigenvalue weighted by atomic mass is 10.1. The Balaban J connectivity index is 1.42. The number of nitrogens with zero attached hydrogens (tertiary/aromatic N) is 4. The number of guanidine groups is 1. The second-order valence-corrected chi connectivity index (χ2v) is 8.42. The standard InChI is InChI=1S/C20H36N6OS/c1-3-21-19(23-17-7-12-25(13-8-17)14-15-27-2)22-9-6-18-16-28-20(24-18)26-10-4-5-11-26/h16-17H,3-15H2,1-2H3,(H2,21,22,23). The van der Waals surface area contributed by atoms with Gasteiger partial charge in [-0.25, -0.2) is 4.98 Å². The molecule has 2 fully saturated rings. The first-order valence-corrected chi connectivity index (χ1v) is 11.6. The Morgan fingerprint density at radius 3 is 2.79 bits per heavy atom. The Morgan fingerprint density at radius 2 is 2.07 bits per heavy atom. The SMILES string of the molecule is CCNC(=NCCc1csc(N2CCCC2)n1)NC1CCN(CCOC)CC1. The molecule has 3 rings (SSSR count). The normalized spacial score (nSPS) is 19.4. The molecule has 3 heterocycles. The highest BCUT2D eigenvalue weighted by Gasteiger charge is 2.19. The summed E-state index contributed by atoms with van der Waals surface area (Å²) in [5.74, 6) is 0.938. The first kappa shape index (κ1) is 21.3. The fourth-order valence-electron chi connectivity index (χ4n) is 3.78. The topological polar surface area (TPSA) is 65.0 Å². The van der Waals surface area contributed by atoms with E-state index in [4.69, 9.17) is 14.7 Å². The van der Waals surface area contributed by atoms with Gasteiger partial charge in [0.1, 0.15) is 0 Å². The van der Waals surface area contributed by atoms with Crippen LogP contribution in [-0.2, 0) is 11.2 Å². The molecule has 0 saturated carbocycles. The van der Waals surface area contributed by atoms with E-state index in [0.29, 0.717) is 6.04 Å². The van der Waals surface area contributed by atoms with E-state index in [1.165, 1.54) is 18.0 Å². The maximum absolute atomic E-state index is 5.19. The van der Waals surface area contributed by atoms with Crippen molar-refractivity contribution in [3.8, 4) is 0 Å². The minimum atomic E-state index is 0.498. The van der Waals surface area contributed by atoms with Crippen molar-refractivity contribution in [2.45, 2.75) is 45.1 Å².